The second-order valence-electron chi connectivity index (χ2n) is 4.58. The first kappa shape index (κ1) is 19.7. The van der Waals surface area contributed by atoms with Crippen LogP contribution in [0.25, 0.3) is 0 Å². The lowest BCUT2D eigenvalue weighted by atomic mass is 10.2. The summed E-state index contributed by atoms with van der Waals surface area (Å²) in [6.07, 6.45) is 0. The lowest BCUT2D eigenvalue weighted by molar-refractivity contribution is -0.145. The topological polar surface area (TPSA) is 63.7 Å². The van der Waals surface area contributed by atoms with Crippen LogP contribution in [0.4, 0.5) is 0 Å². The standard InChI is InChI=1S/C13H16BrCl2NO4S/c1-4-17(7-8(2)13(18)21-3)22(19,20)12-10(15)5-9(14)6-11(12)16/h5-6,8H,4,7H2,1-3H3. The minimum Gasteiger partial charge on any atom is -0.469 e. The number of nitrogens with zero attached hydrogens (tertiary/aromatic N) is 1. The molecule has 1 rings (SSSR count). The lowest BCUT2D eigenvalue weighted by Crippen LogP contribution is -2.37. The third kappa shape index (κ3) is 4.35. The van der Waals surface area contributed by atoms with Crippen LogP contribution in [0.1, 0.15) is 13.8 Å². The minimum absolute atomic E-state index is 0.0172. The summed E-state index contributed by atoms with van der Waals surface area (Å²) in [7, 11) is -2.67. The number of sulfonamides is 1. The van der Waals surface area contributed by atoms with E-state index in [2.05, 4.69) is 20.7 Å². The molecule has 22 heavy (non-hydrogen) atoms. The number of hydrogen-bond donors (Lipinski definition) is 0. The lowest BCUT2D eigenvalue weighted by Gasteiger charge is -2.24. The van der Waals surface area contributed by atoms with E-state index in [1.165, 1.54) is 19.2 Å². The summed E-state index contributed by atoms with van der Waals surface area (Å²) >= 11 is 15.3. The Hall–Kier alpha value is -0.340. The number of hydrogen-bond acceptors (Lipinski definition) is 4. The first-order chi connectivity index (χ1) is 10.1. The molecule has 1 unspecified atom stereocenters. The van der Waals surface area contributed by atoms with Gasteiger partial charge in [0.25, 0.3) is 0 Å². The summed E-state index contributed by atoms with van der Waals surface area (Å²) in [6, 6.07) is 2.91. The Morgan fingerprint density at radius 2 is 1.86 bits per heavy atom. The van der Waals surface area contributed by atoms with Crippen molar-refractivity contribution >= 4 is 55.1 Å². The van der Waals surface area contributed by atoms with Crippen LogP contribution in [0, 0.1) is 5.92 Å². The maximum absolute atomic E-state index is 12.8. The Labute approximate surface area is 148 Å². The molecule has 0 saturated carbocycles. The molecule has 0 aromatic heterocycles. The second-order valence-corrected chi connectivity index (χ2v) is 8.18. The van der Waals surface area contributed by atoms with Gasteiger partial charge in [-0.1, -0.05) is 53.0 Å². The molecular formula is C13H16BrCl2NO4S. The van der Waals surface area contributed by atoms with Gasteiger partial charge in [-0.15, -0.1) is 0 Å². The summed E-state index contributed by atoms with van der Waals surface area (Å²) < 4.78 is 31.8. The van der Waals surface area contributed by atoms with Crippen LogP contribution in [-0.4, -0.2) is 38.9 Å². The van der Waals surface area contributed by atoms with E-state index < -0.39 is 21.9 Å². The number of benzene rings is 1. The van der Waals surface area contributed by atoms with Crippen LogP contribution in [-0.2, 0) is 19.6 Å². The predicted molar refractivity (Wildman–Crippen MR) is 89.8 cm³/mol. The highest BCUT2D eigenvalue weighted by Gasteiger charge is 2.31. The van der Waals surface area contributed by atoms with E-state index in [1.807, 2.05) is 0 Å². The minimum atomic E-state index is -3.93. The molecule has 9 heteroatoms. The molecule has 1 aromatic carbocycles. The average molecular weight is 433 g/mol. The summed E-state index contributed by atoms with van der Waals surface area (Å²) in [4.78, 5) is 11.3. The van der Waals surface area contributed by atoms with E-state index in [0.29, 0.717) is 4.47 Å². The maximum Gasteiger partial charge on any atom is 0.309 e. The van der Waals surface area contributed by atoms with Crippen LogP contribution in [0.2, 0.25) is 10.0 Å². The highest BCUT2D eigenvalue weighted by atomic mass is 79.9. The number of carbonyl (C=O) groups is 1. The zero-order chi connectivity index (χ0) is 17.1. The fraction of sp³-hybridized carbons (Fsp3) is 0.462. The molecule has 0 aliphatic rings. The zero-order valence-electron chi connectivity index (χ0n) is 12.3. The van der Waals surface area contributed by atoms with Gasteiger partial charge in [0.1, 0.15) is 4.90 Å². The summed E-state index contributed by atoms with van der Waals surface area (Å²) in [5, 5.41) is 0.0343. The van der Waals surface area contributed by atoms with Crippen molar-refractivity contribution in [2.45, 2.75) is 18.7 Å². The Kier molecular flexibility index (Phi) is 7.14. The quantitative estimate of drug-likeness (QED) is 0.644. The number of ether oxygens (including phenoxy) is 1. The van der Waals surface area contributed by atoms with E-state index in [0.717, 1.165) is 4.31 Å². The highest BCUT2D eigenvalue weighted by Crippen LogP contribution is 2.34. The molecule has 124 valence electrons. The van der Waals surface area contributed by atoms with Crippen LogP contribution >= 0.6 is 39.1 Å². The van der Waals surface area contributed by atoms with Crippen LogP contribution in [0.15, 0.2) is 21.5 Å². The number of esters is 1. The first-order valence-electron chi connectivity index (χ1n) is 6.37. The van der Waals surface area contributed by atoms with Crippen molar-refractivity contribution in [2.75, 3.05) is 20.2 Å². The Morgan fingerprint density at radius 1 is 1.36 bits per heavy atom. The van der Waals surface area contributed by atoms with Crippen LogP contribution in [0.5, 0.6) is 0 Å². The van der Waals surface area contributed by atoms with Crippen molar-refractivity contribution in [2.24, 2.45) is 5.92 Å². The van der Waals surface area contributed by atoms with Gasteiger partial charge in [0.2, 0.25) is 10.0 Å². The van der Waals surface area contributed by atoms with E-state index in [9.17, 15) is 13.2 Å². The van der Waals surface area contributed by atoms with Crippen molar-refractivity contribution in [3.8, 4) is 0 Å². The largest absolute Gasteiger partial charge is 0.469 e. The molecular weight excluding hydrogens is 417 g/mol. The normalized spacial score (nSPS) is 13.2. The highest BCUT2D eigenvalue weighted by molar-refractivity contribution is 9.10. The number of rotatable bonds is 6. The van der Waals surface area contributed by atoms with Gasteiger partial charge in [-0.05, 0) is 12.1 Å². The molecule has 0 radical (unpaired) electrons. The number of halogens is 3. The molecule has 1 aromatic rings. The van der Waals surface area contributed by atoms with Crippen LogP contribution < -0.4 is 0 Å². The fourth-order valence-corrected chi connectivity index (χ4v) is 5.30. The van der Waals surface area contributed by atoms with E-state index in [4.69, 9.17) is 23.2 Å². The van der Waals surface area contributed by atoms with Gasteiger partial charge in [0, 0.05) is 17.6 Å². The third-order valence-corrected chi connectivity index (χ3v) is 6.32. The molecule has 5 nitrogen and oxygen atoms in total. The van der Waals surface area contributed by atoms with Gasteiger partial charge in [-0.3, -0.25) is 4.79 Å². The zero-order valence-corrected chi connectivity index (χ0v) is 16.2. The van der Waals surface area contributed by atoms with Gasteiger partial charge in [-0.2, -0.15) is 4.31 Å². The van der Waals surface area contributed by atoms with Crippen molar-refractivity contribution in [3.63, 3.8) is 0 Å². The predicted octanol–water partition coefficient (Wildman–Crippen LogP) is 3.58. The molecule has 0 saturated heterocycles. The van der Waals surface area contributed by atoms with Gasteiger partial charge in [-0.25, -0.2) is 8.42 Å². The molecule has 0 bridgehead atoms. The van der Waals surface area contributed by atoms with E-state index in [1.54, 1.807) is 13.8 Å². The monoisotopic (exact) mass is 431 g/mol. The molecule has 0 fully saturated rings. The molecule has 0 aliphatic carbocycles. The number of carbonyl (C=O) groups excluding carboxylic acids is 1. The van der Waals surface area contributed by atoms with Gasteiger partial charge >= 0.3 is 5.97 Å². The van der Waals surface area contributed by atoms with Crippen molar-refractivity contribution in [3.05, 3.63) is 26.7 Å². The SMILES string of the molecule is CCN(CC(C)C(=O)OC)S(=O)(=O)c1c(Cl)cc(Br)cc1Cl. The third-order valence-electron chi connectivity index (χ3n) is 2.99. The van der Waals surface area contributed by atoms with E-state index >= 15 is 0 Å². The Bertz CT molecular complexity index is 643. The Balaban J connectivity index is 3.24. The van der Waals surface area contributed by atoms with E-state index in [-0.39, 0.29) is 28.0 Å². The molecule has 0 spiro atoms. The molecule has 0 amide bonds. The van der Waals surface area contributed by atoms with Crippen LogP contribution in [0.3, 0.4) is 0 Å². The van der Waals surface area contributed by atoms with Crippen molar-refractivity contribution in [1.82, 2.24) is 4.31 Å². The molecule has 0 aliphatic heterocycles. The summed E-state index contributed by atoms with van der Waals surface area (Å²) in [5.41, 5.74) is 0. The van der Waals surface area contributed by atoms with Gasteiger partial charge < -0.3 is 4.74 Å². The van der Waals surface area contributed by atoms with Gasteiger partial charge in [0.05, 0.1) is 23.1 Å². The van der Waals surface area contributed by atoms with Crippen molar-refractivity contribution in [1.29, 1.82) is 0 Å². The molecule has 1 atom stereocenters. The maximum atomic E-state index is 12.8. The molecule has 0 heterocycles. The fourth-order valence-electron chi connectivity index (χ4n) is 1.88. The number of methoxy groups -OCH3 is 1. The summed E-state index contributed by atoms with van der Waals surface area (Å²) in [6.45, 7) is 3.41. The van der Waals surface area contributed by atoms with Gasteiger partial charge in [0.15, 0.2) is 0 Å². The van der Waals surface area contributed by atoms with Crippen molar-refractivity contribution < 1.29 is 17.9 Å². The molecule has 0 N–H and O–H groups in total. The second kappa shape index (κ2) is 7.97. The summed E-state index contributed by atoms with van der Waals surface area (Å²) in [5.74, 6) is -1.09. The first-order valence-corrected chi connectivity index (χ1v) is 9.36. The smallest absolute Gasteiger partial charge is 0.309 e. The average Bonchev–Trinajstić information content (AvgIpc) is 2.41. The Morgan fingerprint density at radius 3 is 2.27 bits per heavy atom.